The van der Waals surface area contributed by atoms with Gasteiger partial charge in [-0.15, -0.1) is 0 Å². The van der Waals surface area contributed by atoms with Crippen LogP contribution in [0.5, 0.6) is 17.2 Å². The number of hydrogen-bond acceptors (Lipinski definition) is 8. The van der Waals surface area contributed by atoms with E-state index in [4.69, 9.17) is 30.8 Å². The van der Waals surface area contributed by atoms with E-state index in [-0.39, 0.29) is 11.3 Å². The Hall–Kier alpha value is -4.08. The highest BCUT2D eigenvalue weighted by molar-refractivity contribution is 7.22. The van der Waals surface area contributed by atoms with Crippen LogP contribution in [0.25, 0.3) is 16.0 Å². The average molecular weight is 621 g/mol. The van der Waals surface area contributed by atoms with Crippen molar-refractivity contribution in [2.75, 3.05) is 24.7 Å². The predicted octanol–water partition coefficient (Wildman–Crippen LogP) is 7.94. The quantitative estimate of drug-likeness (QED) is 0.0743. The first-order valence-corrected chi connectivity index (χ1v) is 15.6. The molecular formula is C33H33ClN2O6S. The Kier molecular flexibility index (Phi) is 9.52. The predicted molar refractivity (Wildman–Crippen MR) is 170 cm³/mol. The second-order valence-electron chi connectivity index (χ2n) is 9.93. The number of nitrogens with zero attached hydrogens (tertiary/aromatic N) is 2. The van der Waals surface area contributed by atoms with Gasteiger partial charge in [0.2, 0.25) is 0 Å². The van der Waals surface area contributed by atoms with Crippen molar-refractivity contribution in [1.29, 1.82) is 0 Å². The molecular weight excluding hydrogens is 588 g/mol. The largest absolute Gasteiger partial charge is 0.507 e. The maximum Gasteiger partial charge on any atom is 0.301 e. The van der Waals surface area contributed by atoms with E-state index in [0.29, 0.717) is 63.9 Å². The van der Waals surface area contributed by atoms with Crippen LogP contribution in [-0.2, 0) is 9.59 Å². The number of Topliss-reactive ketones (excluding diaryl/α,β-unsaturated/α-hetero) is 1. The van der Waals surface area contributed by atoms with Gasteiger partial charge in [0.1, 0.15) is 11.5 Å². The summed E-state index contributed by atoms with van der Waals surface area (Å²) in [6.07, 6.45) is 3.04. The van der Waals surface area contributed by atoms with Crippen molar-refractivity contribution >= 4 is 55.7 Å². The second kappa shape index (κ2) is 13.5. The number of aromatic nitrogens is 1. The molecule has 1 aliphatic heterocycles. The normalized spacial score (nSPS) is 16.2. The van der Waals surface area contributed by atoms with Crippen molar-refractivity contribution < 1.29 is 28.9 Å². The van der Waals surface area contributed by atoms with Crippen LogP contribution in [-0.4, -0.2) is 41.6 Å². The first-order valence-electron chi connectivity index (χ1n) is 14.4. The Morgan fingerprint density at radius 3 is 2.42 bits per heavy atom. The highest BCUT2D eigenvalue weighted by Crippen LogP contribution is 2.46. The minimum absolute atomic E-state index is 0.0550. The molecule has 1 aromatic heterocycles. The molecule has 3 aromatic carbocycles. The molecule has 5 rings (SSSR count). The van der Waals surface area contributed by atoms with Crippen LogP contribution in [0.1, 0.15) is 57.2 Å². The first kappa shape index (κ1) is 30.4. The molecule has 1 aliphatic rings. The molecule has 0 aliphatic carbocycles. The number of thiazole rings is 1. The summed E-state index contributed by atoms with van der Waals surface area (Å²) in [6, 6.07) is 16.3. The van der Waals surface area contributed by atoms with Gasteiger partial charge >= 0.3 is 5.91 Å². The van der Waals surface area contributed by atoms with Crippen LogP contribution in [0.2, 0.25) is 5.02 Å². The van der Waals surface area contributed by atoms with E-state index >= 15 is 0 Å². The zero-order chi connectivity index (χ0) is 30.5. The topological polar surface area (TPSA) is 98.2 Å². The van der Waals surface area contributed by atoms with Gasteiger partial charge in [-0.3, -0.25) is 14.5 Å². The van der Waals surface area contributed by atoms with Crippen LogP contribution < -0.4 is 19.1 Å². The van der Waals surface area contributed by atoms with Crippen LogP contribution in [0.4, 0.5) is 5.13 Å². The standard InChI is InChI=1S/C33H33ClN2O6S/c1-4-7-8-17-42-25-16-11-21(18-26(25)41-6-3)29-28(30(37)20-9-12-22(34)13-10-20)31(38)32(39)36(29)33-35-24-15-14-23(40-5-2)19-27(24)43-33/h9-16,18-19,29,37H,4-8,17H2,1-3H3. The molecule has 1 amide bonds. The van der Waals surface area contributed by atoms with E-state index in [9.17, 15) is 14.7 Å². The van der Waals surface area contributed by atoms with Crippen molar-refractivity contribution in [3.8, 4) is 17.2 Å². The van der Waals surface area contributed by atoms with E-state index in [2.05, 4.69) is 6.92 Å². The fourth-order valence-electron chi connectivity index (χ4n) is 4.98. The van der Waals surface area contributed by atoms with Gasteiger partial charge < -0.3 is 19.3 Å². The number of amides is 1. The van der Waals surface area contributed by atoms with Gasteiger partial charge in [0, 0.05) is 10.6 Å². The third-order valence-electron chi connectivity index (χ3n) is 7.02. The molecule has 1 fully saturated rings. The number of anilines is 1. The molecule has 1 saturated heterocycles. The molecule has 0 bridgehead atoms. The van der Waals surface area contributed by atoms with Gasteiger partial charge in [0.15, 0.2) is 16.6 Å². The Bertz CT molecular complexity index is 1670. The summed E-state index contributed by atoms with van der Waals surface area (Å²) in [5.74, 6) is -0.173. The molecule has 1 atom stereocenters. The number of hydrogen-bond donors (Lipinski definition) is 1. The molecule has 1 unspecified atom stereocenters. The van der Waals surface area contributed by atoms with Crippen LogP contribution in [0.3, 0.4) is 0 Å². The fourth-order valence-corrected chi connectivity index (χ4v) is 6.12. The molecule has 43 heavy (non-hydrogen) atoms. The molecule has 2 heterocycles. The molecule has 1 N–H and O–H groups in total. The maximum atomic E-state index is 13.7. The van der Waals surface area contributed by atoms with E-state index in [1.54, 1.807) is 42.5 Å². The Balaban J connectivity index is 1.65. The number of carbonyl (C=O) groups excluding carboxylic acids is 2. The zero-order valence-electron chi connectivity index (χ0n) is 24.3. The van der Waals surface area contributed by atoms with Crippen molar-refractivity contribution in [2.45, 2.75) is 46.1 Å². The number of fused-ring (bicyclic) bond motifs is 1. The number of ketones is 1. The van der Waals surface area contributed by atoms with Gasteiger partial charge in [-0.2, -0.15) is 0 Å². The highest BCUT2D eigenvalue weighted by Gasteiger charge is 2.48. The number of carbonyl (C=O) groups is 2. The SMILES string of the molecule is CCCCCOc1ccc(C2C(=C(O)c3ccc(Cl)cc3)C(=O)C(=O)N2c2nc3ccc(OCC)cc3s2)cc1OCC. The lowest BCUT2D eigenvalue weighted by Gasteiger charge is -2.24. The Morgan fingerprint density at radius 2 is 1.70 bits per heavy atom. The number of aliphatic hydroxyl groups is 1. The van der Waals surface area contributed by atoms with Gasteiger partial charge in [-0.1, -0.05) is 48.8 Å². The lowest BCUT2D eigenvalue weighted by molar-refractivity contribution is -0.132. The van der Waals surface area contributed by atoms with Gasteiger partial charge in [-0.05, 0) is 80.4 Å². The minimum atomic E-state index is -0.976. The first-order chi connectivity index (χ1) is 20.9. The van der Waals surface area contributed by atoms with E-state index in [1.165, 1.54) is 16.2 Å². The fraction of sp³-hybridized carbons (Fsp3) is 0.303. The highest BCUT2D eigenvalue weighted by atomic mass is 35.5. The van der Waals surface area contributed by atoms with Crippen LogP contribution >= 0.6 is 22.9 Å². The zero-order valence-corrected chi connectivity index (χ0v) is 25.8. The van der Waals surface area contributed by atoms with Crippen LogP contribution in [0, 0.1) is 0 Å². The maximum absolute atomic E-state index is 13.7. The number of unbranched alkanes of at least 4 members (excludes halogenated alkanes) is 2. The number of halogens is 1. The molecule has 4 aromatic rings. The summed E-state index contributed by atoms with van der Waals surface area (Å²) in [4.78, 5) is 33.4. The Morgan fingerprint density at radius 1 is 0.930 bits per heavy atom. The summed E-state index contributed by atoms with van der Waals surface area (Å²) < 4.78 is 18.4. The number of rotatable bonds is 12. The molecule has 0 spiro atoms. The van der Waals surface area contributed by atoms with E-state index in [0.717, 1.165) is 24.0 Å². The summed E-state index contributed by atoms with van der Waals surface area (Å²) in [7, 11) is 0. The van der Waals surface area contributed by atoms with Crippen molar-refractivity contribution in [3.05, 3.63) is 82.4 Å². The molecule has 0 saturated carbocycles. The van der Waals surface area contributed by atoms with Crippen molar-refractivity contribution in [1.82, 2.24) is 4.98 Å². The molecule has 224 valence electrons. The van der Waals surface area contributed by atoms with E-state index in [1.807, 2.05) is 32.0 Å². The summed E-state index contributed by atoms with van der Waals surface area (Å²) >= 11 is 7.34. The van der Waals surface area contributed by atoms with Gasteiger partial charge in [0.25, 0.3) is 5.78 Å². The second-order valence-corrected chi connectivity index (χ2v) is 11.4. The van der Waals surface area contributed by atoms with E-state index < -0.39 is 17.7 Å². The average Bonchev–Trinajstić information content (AvgIpc) is 3.53. The van der Waals surface area contributed by atoms with Gasteiger partial charge in [-0.25, -0.2) is 4.98 Å². The third-order valence-corrected chi connectivity index (χ3v) is 8.29. The van der Waals surface area contributed by atoms with Crippen molar-refractivity contribution in [2.24, 2.45) is 0 Å². The Labute approximate surface area is 259 Å². The number of benzene rings is 3. The monoisotopic (exact) mass is 620 g/mol. The number of ether oxygens (including phenoxy) is 3. The summed E-state index contributed by atoms with van der Waals surface area (Å²) in [6.45, 7) is 7.34. The lowest BCUT2D eigenvalue weighted by Crippen LogP contribution is -2.29. The lowest BCUT2D eigenvalue weighted by atomic mass is 9.95. The molecule has 0 radical (unpaired) electrons. The summed E-state index contributed by atoms with van der Waals surface area (Å²) in [5.41, 5.74) is 1.53. The minimum Gasteiger partial charge on any atom is -0.507 e. The van der Waals surface area contributed by atoms with Crippen LogP contribution in [0.15, 0.2) is 66.2 Å². The summed E-state index contributed by atoms with van der Waals surface area (Å²) in [5, 5.41) is 12.3. The third kappa shape index (κ3) is 6.33. The number of aliphatic hydroxyl groups excluding tert-OH is 1. The smallest absolute Gasteiger partial charge is 0.301 e. The molecule has 8 nitrogen and oxygen atoms in total. The van der Waals surface area contributed by atoms with Crippen molar-refractivity contribution in [3.63, 3.8) is 0 Å². The van der Waals surface area contributed by atoms with Gasteiger partial charge in [0.05, 0.1) is 41.7 Å². The molecule has 10 heteroatoms.